The number of nitrogens with zero attached hydrogens (tertiary/aromatic N) is 2. The maximum atomic E-state index is 12.9. The van der Waals surface area contributed by atoms with Gasteiger partial charge in [0.25, 0.3) is 0 Å². The van der Waals surface area contributed by atoms with E-state index in [0.29, 0.717) is 19.6 Å². The third kappa shape index (κ3) is 4.27. The van der Waals surface area contributed by atoms with Gasteiger partial charge >= 0.3 is 0 Å². The van der Waals surface area contributed by atoms with Crippen LogP contribution in [0.3, 0.4) is 0 Å². The number of para-hydroxylation sites is 1. The summed E-state index contributed by atoms with van der Waals surface area (Å²) >= 11 is 0. The molecule has 0 bridgehead atoms. The molecular formula is C23H32N2O4. The van der Waals surface area contributed by atoms with Crippen molar-refractivity contribution in [1.29, 1.82) is 0 Å². The van der Waals surface area contributed by atoms with Gasteiger partial charge in [0.1, 0.15) is 11.4 Å². The molecule has 158 valence electrons. The van der Waals surface area contributed by atoms with Gasteiger partial charge in [-0.1, -0.05) is 18.2 Å². The zero-order valence-electron chi connectivity index (χ0n) is 17.6. The second kappa shape index (κ2) is 8.34. The fraction of sp³-hybridized carbons (Fsp3) is 0.652. The number of rotatable bonds is 3. The van der Waals surface area contributed by atoms with Crippen LogP contribution >= 0.6 is 0 Å². The number of benzene rings is 1. The van der Waals surface area contributed by atoms with E-state index in [0.717, 1.165) is 56.5 Å². The molecule has 1 unspecified atom stereocenters. The Morgan fingerprint density at radius 2 is 1.83 bits per heavy atom. The molecule has 4 rings (SSSR count). The van der Waals surface area contributed by atoms with E-state index in [9.17, 15) is 9.59 Å². The smallest absolute Gasteiger partial charge is 0.225 e. The predicted octanol–water partition coefficient (Wildman–Crippen LogP) is 2.82. The Hall–Kier alpha value is -2.08. The minimum atomic E-state index is -0.280. The van der Waals surface area contributed by atoms with Gasteiger partial charge in [-0.2, -0.15) is 0 Å². The van der Waals surface area contributed by atoms with Crippen LogP contribution in [0, 0.1) is 5.92 Å². The lowest BCUT2D eigenvalue weighted by atomic mass is 9.76. The molecule has 2 saturated heterocycles. The van der Waals surface area contributed by atoms with E-state index in [-0.39, 0.29) is 29.3 Å². The number of fused-ring (bicyclic) bond motifs is 1. The summed E-state index contributed by atoms with van der Waals surface area (Å²) < 4.78 is 11.9. The predicted molar refractivity (Wildman–Crippen MR) is 110 cm³/mol. The van der Waals surface area contributed by atoms with Crippen LogP contribution in [0.15, 0.2) is 24.3 Å². The van der Waals surface area contributed by atoms with E-state index in [1.165, 1.54) is 0 Å². The standard InChI is InChI=1S/C23H32N2O4/c1-24(2)21(26)15-18-16-23(29-20-6-4-3-5-19(18)20)9-11-25(12-10-23)22(27)17-7-13-28-14-8-17/h3-6,17-18H,7-16H2,1-2H3. The molecule has 1 aromatic rings. The van der Waals surface area contributed by atoms with Crippen molar-refractivity contribution in [3.8, 4) is 5.75 Å². The average molecular weight is 401 g/mol. The molecule has 0 saturated carbocycles. The second-order valence-electron chi connectivity index (χ2n) is 8.93. The lowest BCUT2D eigenvalue weighted by Gasteiger charge is -2.47. The Kier molecular flexibility index (Phi) is 5.81. The Balaban J connectivity index is 1.46. The van der Waals surface area contributed by atoms with Crippen molar-refractivity contribution >= 4 is 11.8 Å². The van der Waals surface area contributed by atoms with Crippen LogP contribution in [0.1, 0.15) is 50.0 Å². The zero-order chi connectivity index (χ0) is 20.4. The molecule has 1 spiro atoms. The molecule has 0 aromatic heterocycles. The molecule has 6 heteroatoms. The minimum absolute atomic E-state index is 0.108. The number of piperidine rings is 1. The number of hydrogen-bond acceptors (Lipinski definition) is 4. The van der Waals surface area contributed by atoms with E-state index in [4.69, 9.17) is 9.47 Å². The van der Waals surface area contributed by atoms with Gasteiger partial charge in [-0.3, -0.25) is 9.59 Å². The van der Waals surface area contributed by atoms with Crippen LogP contribution in [0.5, 0.6) is 5.75 Å². The van der Waals surface area contributed by atoms with Crippen molar-refractivity contribution in [3.05, 3.63) is 29.8 Å². The molecule has 0 aliphatic carbocycles. The van der Waals surface area contributed by atoms with Gasteiger partial charge in [0.15, 0.2) is 0 Å². The van der Waals surface area contributed by atoms with Crippen molar-refractivity contribution in [2.75, 3.05) is 40.4 Å². The fourth-order valence-corrected chi connectivity index (χ4v) is 4.96. The molecule has 29 heavy (non-hydrogen) atoms. The van der Waals surface area contributed by atoms with Crippen LogP contribution in [0.2, 0.25) is 0 Å². The summed E-state index contributed by atoms with van der Waals surface area (Å²) in [5.41, 5.74) is 0.854. The largest absolute Gasteiger partial charge is 0.487 e. The SMILES string of the molecule is CN(C)C(=O)CC1CC2(CCN(C(=O)C3CCOCC3)CC2)Oc2ccccc21. The van der Waals surface area contributed by atoms with Crippen LogP contribution in [0.4, 0.5) is 0 Å². The molecule has 2 amide bonds. The van der Waals surface area contributed by atoms with Crippen molar-refractivity contribution in [3.63, 3.8) is 0 Å². The number of likely N-dealkylation sites (tertiary alicyclic amines) is 1. The van der Waals surface area contributed by atoms with E-state index in [2.05, 4.69) is 6.07 Å². The summed E-state index contributed by atoms with van der Waals surface area (Å²) in [6.07, 6.45) is 4.65. The van der Waals surface area contributed by atoms with E-state index in [1.54, 1.807) is 4.90 Å². The third-order valence-electron chi connectivity index (χ3n) is 6.78. The number of carbonyl (C=O) groups excluding carboxylic acids is 2. The van der Waals surface area contributed by atoms with Crippen LogP contribution in [-0.4, -0.2) is 67.6 Å². The summed E-state index contributed by atoms with van der Waals surface area (Å²) in [6, 6.07) is 8.11. The summed E-state index contributed by atoms with van der Waals surface area (Å²) in [4.78, 5) is 29.0. The Labute approximate surface area is 173 Å². The van der Waals surface area contributed by atoms with Crippen molar-refractivity contribution in [2.45, 2.75) is 50.0 Å². The molecule has 1 aromatic carbocycles. The number of ether oxygens (including phenoxy) is 2. The zero-order valence-corrected chi connectivity index (χ0v) is 17.6. The average Bonchev–Trinajstić information content (AvgIpc) is 2.74. The van der Waals surface area contributed by atoms with E-state index in [1.807, 2.05) is 37.2 Å². The number of hydrogen-bond donors (Lipinski definition) is 0. The fourth-order valence-electron chi connectivity index (χ4n) is 4.96. The first-order valence-electron chi connectivity index (χ1n) is 10.8. The van der Waals surface area contributed by atoms with Gasteiger partial charge in [0.2, 0.25) is 11.8 Å². The summed E-state index contributed by atoms with van der Waals surface area (Å²) in [7, 11) is 3.62. The Bertz CT molecular complexity index is 749. The second-order valence-corrected chi connectivity index (χ2v) is 8.93. The summed E-state index contributed by atoms with van der Waals surface area (Å²) in [6.45, 7) is 2.84. The highest BCUT2D eigenvalue weighted by Crippen LogP contribution is 2.46. The van der Waals surface area contributed by atoms with Crippen molar-refractivity contribution in [1.82, 2.24) is 9.80 Å². The molecule has 0 radical (unpaired) electrons. The van der Waals surface area contributed by atoms with E-state index < -0.39 is 0 Å². The first-order chi connectivity index (χ1) is 14.0. The molecule has 1 atom stereocenters. The normalized spacial score (nSPS) is 23.9. The Morgan fingerprint density at radius 1 is 1.14 bits per heavy atom. The lowest BCUT2D eigenvalue weighted by molar-refractivity contribution is -0.142. The molecule has 3 aliphatic heterocycles. The number of amides is 2. The van der Waals surface area contributed by atoms with Gasteiger partial charge in [-0.15, -0.1) is 0 Å². The highest BCUT2D eigenvalue weighted by atomic mass is 16.5. The van der Waals surface area contributed by atoms with Crippen molar-refractivity contribution in [2.24, 2.45) is 5.92 Å². The lowest BCUT2D eigenvalue weighted by Crippen LogP contribution is -2.53. The first-order valence-corrected chi connectivity index (χ1v) is 10.8. The minimum Gasteiger partial charge on any atom is -0.487 e. The maximum Gasteiger partial charge on any atom is 0.225 e. The van der Waals surface area contributed by atoms with E-state index >= 15 is 0 Å². The van der Waals surface area contributed by atoms with Crippen molar-refractivity contribution < 1.29 is 19.1 Å². The Morgan fingerprint density at radius 3 is 2.52 bits per heavy atom. The number of carbonyl (C=O) groups is 2. The van der Waals surface area contributed by atoms with Crippen LogP contribution in [0.25, 0.3) is 0 Å². The monoisotopic (exact) mass is 400 g/mol. The van der Waals surface area contributed by atoms with Gasteiger partial charge in [0, 0.05) is 71.5 Å². The maximum absolute atomic E-state index is 12.9. The summed E-state index contributed by atoms with van der Waals surface area (Å²) in [5, 5.41) is 0. The quantitative estimate of drug-likeness (QED) is 0.783. The van der Waals surface area contributed by atoms with Crippen LogP contribution in [-0.2, 0) is 14.3 Å². The highest BCUT2D eigenvalue weighted by Gasteiger charge is 2.45. The molecule has 0 N–H and O–H groups in total. The van der Waals surface area contributed by atoms with Gasteiger partial charge < -0.3 is 19.3 Å². The van der Waals surface area contributed by atoms with Gasteiger partial charge in [-0.05, 0) is 30.9 Å². The molecule has 2 fully saturated rings. The third-order valence-corrected chi connectivity index (χ3v) is 6.78. The topological polar surface area (TPSA) is 59.1 Å². The van der Waals surface area contributed by atoms with Crippen LogP contribution < -0.4 is 4.74 Å². The molecular weight excluding hydrogens is 368 g/mol. The van der Waals surface area contributed by atoms with Gasteiger partial charge in [-0.25, -0.2) is 0 Å². The highest BCUT2D eigenvalue weighted by molar-refractivity contribution is 5.79. The first kappa shape index (κ1) is 20.2. The molecule has 6 nitrogen and oxygen atoms in total. The van der Waals surface area contributed by atoms with Gasteiger partial charge in [0.05, 0.1) is 0 Å². The molecule has 3 heterocycles. The molecule has 3 aliphatic rings. The summed E-state index contributed by atoms with van der Waals surface area (Å²) in [5.74, 6) is 1.59.